The molecule has 2 rings (SSSR count). The molecule has 0 saturated heterocycles. The maximum Gasteiger partial charge on any atom is 0.238 e. The van der Waals surface area contributed by atoms with Crippen molar-refractivity contribution in [1.29, 1.82) is 0 Å². The predicted octanol–water partition coefficient (Wildman–Crippen LogP) is -0.477. The average Bonchev–Trinajstić information content (AvgIpc) is 2.80. The van der Waals surface area contributed by atoms with E-state index in [1.165, 1.54) is 25.3 Å². The van der Waals surface area contributed by atoms with Crippen LogP contribution in [0.5, 0.6) is 5.75 Å². The van der Waals surface area contributed by atoms with Crippen LogP contribution in [0, 0.1) is 0 Å². The van der Waals surface area contributed by atoms with Crippen LogP contribution in [0.1, 0.15) is 0 Å². The number of hydrogen-bond acceptors (Lipinski definition) is 6. The van der Waals surface area contributed by atoms with Crippen molar-refractivity contribution in [2.75, 3.05) is 7.11 Å². The molecule has 0 atom stereocenters. The third kappa shape index (κ3) is 2.24. The van der Waals surface area contributed by atoms with Gasteiger partial charge in [-0.25, -0.2) is 13.6 Å². The number of rotatable bonds is 3. The van der Waals surface area contributed by atoms with Crippen molar-refractivity contribution in [3.8, 4) is 17.1 Å². The number of methoxy groups -OCH3 is 1. The lowest BCUT2D eigenvalue weighted by molar-refractivity contribution is 0.414. The van der Waals surface area contributed by atoms with Gasteiger partial charge in [0.15, 0.2) is 0 Å². The second-order valence-corrected chi connectivity index (χ2v) is 4.67. The minimum Gasteiger partial charge on any atom is -0.497 e. The summed E-state index contributed by atoms with van der Waals surface area (Å²) in [4.78, 5) is -0.0836. The fraction of sp³-hybridized carbons (Fsp3) is 0.125. The molecule has 0 fully saturated rings. The predicted molar refractivity (Wildman–Crippen MR) is 57.5 cm³/mol. The number of nitrogens with two attached hydrogens (primary N) is 1. The van der Waals surface area contributed by atoms with Gasteiger partial charge in [0.05, 0.1) is 12.0 Å². The van der Waals surface area contributed by atoms with E-state index in [1.807, 2.05) is 0 Å². The van der Waals surface area contributed by atoms with E-state index < -0.39 is 10.0 Å². The van der Waals surface area contributed by atoms with Gasteiger partial charge in [-0.1, -0.05) is 0 Å². The molecule has 0 saturated carbocycles. The minimum absolute atomic E-state index is 0.0836. The van der Waals surface area contributed by atoms with Crippen LogP contribution in [-0.2, 0) is 10.0 Å². The number of aromatic amines is 1. The van der Waals surface area contributed by atoms with Crippen molar-refractivity contribution in [3.63, 3.8) is 0 Å². The lowest BCUT2D eigenvalue weighted by atomic mass is 10.2. The highest BCUT2D eigenvalue weighted by Crippen LogP contribution is 2.27. The molecular formula is C8H9N5O3S. The minimum atomic E-state index is -3.86. The fourth-order valence-electron chi connectivity index (χ4n) is 1.33. The van der Waals surface area contributed by atoms with E-state index >= 15 is 0 Å². The normalized spacial score (nSPS) is 11.4. The fourth-order valence-corrected chi connectivity index (χ4v) is 2.05. The lowest BCUT2D eigenvalue weighted by Crippen LogP contribution is -2.13. The molecule has 17 heavy (non-hydrogen) atoms. The summed E-state index contributed by atoms with van der Waals surface area (Å²) in [5.41, 5.74) is 0.237. The first-order valence-electron chi connectivity index (χ1n) is 4.47. The Hall–Kier alpha value is -2.00. The first-order valence-corrected chi connectivity index (χ1v) is 6.01. The Labute approximate surface area is 96.8 Å². The number of primary sulfonamides is 1. The maximum atomic E-state index is 11.4. The van der Waals surface area contributed by atoms with Gasteiger partial charge in [0.25, 0.3) is 0 Å². The number of ether oxygens (including phenoxy) is 1. The van der Waals surface area contributed by atoms with Crippen LogP contribution >= 0.6 is 0 Å². The Morgan fingerprint density at radius 3 is 2.71 bits per heavy atom. The highest BCUT2D eigenvalue weighted by Gasteiger charge is 2.18. The van der Waals surface area contributed by atoms with Crippen molar-refractivity contribution < 1.29 is 13.2 Å². The molecule has 8 nitrogen and oxygen atoms in total. The van der Waals surface area contributed by atoms with Crippen molar-refractivity contribution in [1.82, 2.24) is 20.6 Å². The molecule has 9 heteroatoms. The Morgan fingerprint density at radius 2 is 2.18 bits per heavy atom. The first kappa shape index (κ1) is 11.5. The van der Waals surface area contributed by atoms with Gasteiger partial charge in [-0.05, 0) is 23.4 Å². The Bertz CT molecular complexity index is 623. The highest BCUT2D eigenvalue weighted by atomic mass is 32.2. The number of H-pyrrole nitrogens is 1. The Balaban J connectivity index is 2.69. The van der Waals surface area contributed by atoms with Crippen LogP contribution in [0.25, 0.3) is 11.4 Å². The molecule has 3 N–H and O–H groups in total. The molecule has 0 aliphatic carbocycles. The van der Waals surface area contributed by atoms with E-state index in [-0.39, 0.29) is 16.3 Å². The van der Waals surface area contributed by atoms with Crippen molar-refractivity contribution in [2.24, 2.45) is 5.14 Å². The zero-order valence-corrected chi connectivity index (χ0v) is 9.60. The molecule has 1 aromatic heterocycles. The summed E-state index contributed by atoms with van der Waals surface area (Å²) in [5, 5.41) is 18.1. The van der Waals surface area contributed by atoms with Gasteiger partial charge >= 0.3 is 0 Å². The van der Waals surface area contributed by atoms with E-state index in [2.05, 4.69) is 20.6 Å². The van der Waals surface area contributed by atoms with E-state index in [1.54, 1.807) is 0 Å². The maximum absolute atomic E-state index is 11.4. The SMILES string of the molecule is COc1ccc(S(N)(=O)=O)c(-c2nn[nH]n2)c1. The van der Waals surface area contributed by atoms with Crippen LogP contribution in [0.4, 0.5) is 0 Å². The smallest absolute Gasteiger partial charge is 0.238 e. The van der Waals surface area contributed by atoms with Gasteiger partial charge < -0.3 is 4.74 Å². The number of nitrogens with zero attached hydrogens (tertiary/aromatic N) is 3. The van der Waals surface area contributed by atoms with Gasteiger partial charge in [0.2, 0.25) is 15.8 Å². The monoisotopic (exact) mass is 255 g/mol. The Morgan fingerprint density at radius 1 is 1.41 bits per heavy atom. The van der Waals surface area contributed by atoms with Gasteiger partial charge in [0, 0.05) is 5.56 Å². The van der Waals surface area contributed by atoms with Crippen LogP contribution in [0.2, 0.25) is 0 Å². The summed E-state index contributed by atoms with van der Waals surface area (Å²) in [6, 6.07) is 4.30. The van der Waals surface area contributed by atoms with Gasteiger partial charge in [-0.2, -0.15) is 5.21 Å². The lowest BCUT2D eigenvalue weighted by Gasteiger charge is -2.06. The third-order valence-corrected chi connectivity index (χ3v) is 3.05. The molecule has 0 amide bonds. The van der Waals surface area contributed by atoms with Gasteiger partial charge in [0.1, 0.15) is 5.75 Å². The zero-order valence-electron chi connectivity index (χ0n) is 8.78. The van der Waals surface area contributed by atoms with E-state index in [0.717, 1.165) is 0 Å². The number of aromatic nitrogens is 4. The quantitative estimate of drug-likeness (QED) is 0.763. The van der Waals surface area contributed by atoms with Crippen LogP contribution in [0.15, 0.2) is 23.1 Å². The summed E-state index contributed by atoms with van der Waals surface area (Å²) in [6.07, 6.45) is 0. The number of hydrogen-bond donors (Lipinski definition) is 2. The van der Waals surface area contributed by atoms with E-state index in [0.29, 0.717) is 5.75 Å². The summed E-state index contributed by atoms with van der Waals surface area (Å²) in [7, 11) is -2.40. The summed E-state index contributed by atoms with van der Waals surface area (Å²) in [6.45, 7) is 0. The second kappa shape index (κ2) is 4.11. The van der Waals surface area contributed by atoms with Gasteiger partial charge in [-0.15, -0.1) is 10.2 Å². The first-order chi connectivity index (χ1) is 8.02. The highest BCUT2D eigenvalue weighted by molar-refractivity contribution is 7.89. The molecule has 1 heterocycles. The van der Waals surface area contributed by atoms with Crippen molar-refractivity contribution in [2.45, 2.75) is 4.90 Å². The number of benzene rings is 1. The molecule has 0 aliphatic rings. The molecule has 0 radical (unpaired) electrons. The summed E-state index contributed by atoms with van der Waals surface area (Å²) >= 11 is 0. The molecule has 0 aliphatic heterocycles. The molecule has 90 valence electrons. The third-order valence-electron chi connectivity index (χ3n) is 2.08. The van der Waals surface area contributed by atoms with E-state index in [4.69, 9.17) is 9.88 Å². The Kier molecular flexibility index (Phi) is 2.77. The van der Waals surface area contributed by atoms with E-state index in [9.17, 15) is 8.42 Å². The summed E-state index contributed by atoms with van der Waals surface area (Å²) in [5.74, 6) is 0.602. The second-order valence-electron chi connectivity index (χ2n) is 3.14. The van der Waals surface area contributed by atoms with Crippen LogP contribution < -0.4 is 9.88 Å². The van der Waals surface area contributed by atoms with Crippen molar-refractivity contribution in [3.05, 3.63) is 18.2 Å². The van der Waals surface area contributed by atoms with Crippen LogP contribution in [0.3, 0.4) is 0 Å². The number of sulfonamides is 1. The number of tetrazole rings is 1. The largest absolute Gasteiger partial charge is 0.497 e. The average molecular weight is 255 g/mol. The zero-order chi connectivity index (χ0) is 12.5. The van der Waals surface area contributed by atoms with Crippen molar-refractivity contribution >= 4 is 10.0 Å². The summed E-state index contributed by atoms with van der Waals surface area (Å²) < 4.78 is 27.8. The molecule has 1 aromatic carbocycles. The van der Waals surface area contributed by atoms with Gasteiger partial charge in [-0.3, -0.25) is 0 Å². The molecule has 0 unspecified atom stereocenters. The molecule has 0 bridgehead atoms. The van der Waals surface area contributed by atoms with Crippen LogP contribution in [-0.4, -0.2) is 36.2 Å². The molecule has 2 aromatic rings. The topological polar surface area (TPSA) is 124 Å². The standard InChI is InChI=1S/C8H9N5O3S/c1-16-5-2-3-7(17(9,14)15)6(4-5)8-10-12-13-11-8/h2-4H,1H3,(H2,9,14,15)(H,10,11,12,13). The molecular weight excluding hydrogens is 246 g/mol. The number of nitrogens with one attached hydrogen (secondary N) is 1. The molecule has 0 spiro atoms.